The van der Waals surface area contributed by atoms with E-state index in [9.17, 15) is 50.8 Å². The number of hydrogen-bond donors (Lipinski definition) is 9. The maximum atomic E-state index is 12.3. The summed E-state index contributed by atoms with van der Waals surface area (Å²) in [5, 5.41) is 98.8. The summed E-state index contributed by atoms with van der Waals surface area (Å²) in [5.74, 6) is -0.967. The Morgan fingerprint density at radius 3 is 1.85 bits per heavy atom. The first-order valence-electron chi connectivity index (χ1n) is 24.1. The van der Waals surface area contributed by atoms with Gasteiger partial charge in [-0.2, -0.15) is 0 Å². The van der Waals surface area contributed by atoms with Crippen LogP contribution in [0.25, 0.3) is 0 Å². The number of ether oxygens (including phenoxy) is 8. The summed E-state index contributed by atoms with van der Waals surface area (Å²) >= 11 is 0. The molecule has 0 amide bonds. The lowest BCUT2D eigenvalue weighted by atomic mass is 9.41. The summed E-state index contributed by atoms with van der Waals surface area (Å²) in [5.41, 5.74) is -3.45. The van der Waals surface area contributed by atoms with E-state index in [1.54, 1.807) is 13.8 Å². The van der Waals surface area contributed by atoms with Crippen molar-refractivity contribution in [1.82, 2.24) is 0 Å². The number of carbonyl (C=O) groups excluding carboxylic acids is 1. The Morgan fingerprint density at radius 1 is 0.631 bits per heavy atom. The summed E-state index contributed by atoms with van der Waals surface area (Å²) in [6.45, 7) is 15.0. The third-order valence-corrected chi connectivity index (χ3v) is 19.2. The van der Waals surface area contributed by atoms with Gasteiger partial charge in [0.1, 0.15) is 48.8 Å². The monoisotopic (exact) mass is 929 g/mol. The fourth-order valence-corrected chi connectivity index (χ4v) is 16.1. The molecule has 9 rings (SSSR count). The molecule has 0 aromatic rings. The van der Waals surface area contributed by atoms with Crippen LogP contribution in [0.2, 0.25) is 0 Å². The van der Waals surface area contributed by atoms with Crippen LogP contribution in [0.5, 0.6) is 0 Å². The molecular weight excluding hydrogens is 852 g/mol. The van der Waals surface area contributed by atoms with E-state index < -0.39 is 115 Å². The molecule has 372 valence electrons. The molecular formula is C47H76O18. The number of aliphatic hydroxyl groups is 9. The lowest BCUT2D eigenvalue weighted by molar-refractivity contribution is -0.359. The van der Waals surface area contributed by atoms with Gasteiger partial charge in [-0.15, -0.1) is 0 Å². The Kier molecular flexibility index (Phi) is 12.4. The predicted molar refractivity (Wildman–Crippen MR) is 224 cm³/mol. The molecule has 24 atom stereocenters. The molecule has 2 spiro atoms. The Hall–Kier alpha value is -1.17. The molecule has 9 N–H and O–H groups in total. The van der Waals surface area contributed by atoms with Gasteiger partial charge < -0.3 is 83.9 Å². The van der Waals surface area contributed by atoms with Crippen molar-refractivity contribution < 1.29 is 88.6 Å². The van der Waals surface area contributed by atoms with Crippen molar-refractivity contribution in [2.24, 2.45) is 44.8 Å². The van der Waals surface area contributed by atoms with Crippen LogP contribution in [0.15, 0.2) is 0 Å². The van der Waals surface area contributed by atoms with E-state index >= 15 is 0 Å². The SMILES string of the molecule is CC(=O)OC1COC(OC2CCC34CC35CCC3(C)C(C6(C)CCC(C(C)(C)O)O6)C(O)CC3(C)C5CC(OC3OCC(O)C(O)C3O)C4C2(C)C)C(OC2OCC(O)C(O)C2O)C1O. The normalized spacial score (nSPS) is 56.2. The zero-order chi connectivity index (χ0) is 47.2. The van der Waals surface area contributed by atoms with Gasteiger partial charge in [0.05, 0.1) is 55.4 Å². The molecule has 18 heteroatoms. The average Bonchev–Trinajstić information content (AvgIpc) is 3.58. The fraction of sp³-hybridized carbons (Fsp3) is 0.979. The molecule has 0 aromatic heterocycles. The molecule has 4 aliphatic heterocycles. The summed E-state index contributed by atoms with van der Waals surface area (Å²) < 4.78 is 49.8. The van der Waals surface area contributed by atoms with E-state index in [1.807, 2.05) is 0 Å². The summed E-state index contributed by atoms with van der Waals surface area (Å²) in [4.78, 5) is 12.0. The quantitative estimate of drug-likeness (QED) is 0.112. The Balaban J connectivity index is 1.03. The second-order valence-corrected chi connectivity index (χ2v) is 23.6. The summed E-state index contributed by atoms with van der Waals surface area (Å²) in [7, 11) is 0. The highest BCUT2D eigenvalue weighted by atomic mass is 16.8. The summed E-state index contributed by atoms with van der Waals surface area (Å²) in [6.07, 6.45) is -12.5. The van der Waals surface area contributed by atoms with Gasteiger partial charge in [-0.3, -0.25) is 4.79 Å². The van der Waals surface area contributed by atoms with Crippen molar-refractivity contribution in [2.45, 2.75) is 223 Å². The average molecular weight is 929 g/mol. The van der Waals surface area contributed by atoms with Gasteiger partial charge in [0, 0.05) is 12.8 Å². The van der Waals surface area contributed by atoms with Gasteiger partial charge in [0.15, 0.2) is 25.0 Å². The minimum Gasteiger partial charge on any atom is -0.457 e. The van der Waals surface area contributed by atoms with E-state index in [0.29, 0.717) is 25.7 Å². The van der Waals surface area contributed by atoms with Gasteiger partial charge in [-0.25, -0.2) is 0 Å². The molecule has 65 heavy (non-hydrogen) atoms. The number of carbonyl (C=O) groups is 1. The van der Waals surface area contributed by atoms with Crippen molar-refractivity contribution in [3.8, 4) is 0 Å². The molecule has 4 saturated heterocycles. The van der Waals surface area contributed by atoms with E-state index in [4.69, 9.17) is 37.9 Å². The molecule has 0 bridgehead atoms. The molecule has 9 aliphatic rings. The molecule has 18 nitrogen and oxygen atoms in total. The van der Waals surface area contributed by atoms with Crippen molar-refractivity contribution in [3.05, 3.63) is 0 Å². The first-order valence-corrected chi connectivity index (χ1v) is 24.1. The van der Waals surface area contributed by atoms with Crippen LogP contribution < -0.4 is 0 Å². The molecule has 9 fully saturated rings. The van der Waals surface area contributed by atoms with Crippen LogP contribution in [-0.2, 0) is 42.7 Å². The molecule has 0 aromatic carbocycles. The lowest BCUT2D eigenvalue weighted by Gasteiger charge is -2.65. The van der Waals surface area contributed by atoms with Gasteiger partial charge in [0.2, 0.25) is 0 Å². The molecule has 4 heterocycles. The fourth-order valence-electron chi connectivity index (χ4n) is 16.1. The Bertz CT molecular complexity index is 1780. The topological polar surface area (TPSA) is 273 Å². The lowest BCUT2D eigenvalue weighted by Crippen LogP contribution is -2.65. The van der Waals surface area contributed by atoms with E-state index in [1.165, 1.54) is 6.92 Å². The molecule has 5 aliphatic carbocycles. The molecule has 5 saturated carbocycles. The van der Waals surface area contributed by atoms with Gasteiger partial charge in [-0.1, -0.05) is 27.7 Å². The highest BCUT2D eigenvalue weighted by Crippen LogP contribution is 2.89. The van der Waals surface area contributed by atoms with Crippen LogP contribution in [0.3, 0.4) is 0 Å². The minimum atomic E-state index is -1.68. The van der Waals surface area contributed by atoms with Crippen LogP contribution in [0, 0.1) is 44.8 Å². The van der Waals surface area contributed by atoms with Crippen molar-refractivity contribution >= 4 is 5.97 Å². The predicted octanol–water partition coefficient (Wildman–Crippen LogP) is 0.397. The van der Waals surface area contributed by atoms with Crippen molar-refractivity contribution in [3.63, 3.8) is 0 Å². The maximum absolute atomic E-state index is 12.3. The largest absolute Gasteiger partial charge is 0.457 e. The number of esters is 1. The van der Waals surface area contributed by atoms with Crippen molar-refractivity contribution in [1.29, 1.82) is 0 Å². The highest BCUT2D eigenvalue weighted by Gasteiger charge is 2.85. The number of rotatable bonds is 9. The summed E-state index contributed by atoms with van der Waals surface area (Å²) in [6, 6.07) is 0. The third-order valence-electron chi connectivity index (χ3n) is 19.2. The first kappa shape index (κ1) is 48.8. The zero-order valence-electron chi connectivity index (χ0n) is 39.2. The van der Waals surface area contributed by atoms with Crippen molar-refractivity contribution in [2.75, 3.05) is 19.8 Å². The zero-order valence-corrected chi connectivity index (χ0v) is 39.2. The van der Waals surface area contributed by atoms with E-state index in [0.717, 1.165) is 32.1 Å². The van der Waals surface area contributed by atoms with Crippen LogP contribution in [0.4, 0.5) is 0 Å². The Morgan fingerprint density at radius 2 is 1.25 bits per heavy atom. The van der Waals surface area contributed by atoms with Gasteiger partial charge >= 0.3 is 5.97 Å². The number of fused-ring (bicyclic) bond motifs is 2. The second kappa shape index (κ2) is 16.5. The van der Waals surface area contributed by atoms with E-state index in [2.05, 4.69) is 34.6 Å². The smallest absolute Gasteiger partial charge is 0.303 e. The number of aliphatic hydroxyl groups excluding tert-OH is 8. The second-order valence-electron chi connectivity index (χ2n) is 23.6. The number of hydrogen-bond acceptors (Lipinski definition) is 18. The van der Waals surface area contributed by atoms with Gasteiger partial charge in [0.25, 0.3) is 0 Å². The maximum Gasteiger partial charge on any atom is 0.303 e. The van der Waals surface area contributed by atoms with Crippen LogP contribution in [0.1, 0.15) is 113 Å². The first-order chi connectivity index (χ1) is 30.2. The van der Waals surface area contributed by atoms with Gasteiger partial charge in [-0.05, 0) is 117 Å². The highest BCUT2D eigenvalue weighted by molar-refractivity contribution is 5.66. The standard InChI is InChI=1S/C47H76O18/c1-21(48)61-26-19-60-40(35(32(26)54)64-39-34(56)31(53)24(51)18-59-39)63-28-10-12-47-20-46(47)14-13-43(6)36(45(8)11-9-29(65-45)42(4,5)57)22(49)16-44(43,7)27(46)15-25(37(47)41(28,2)3)62-38-33(55)30(52)23(50)17-58-38/h22-40,49-57H,9-20H2,1-8H3. The molecule has 24 unspecified atom stereocenters. The van der Waals surface area contributed by atoms with Crippen LogP contribution in [-0.4, -0.2) is 181 Å². The van der Waals surface area contributed by atoms with E-state index in [-0.39, 0.29) is 65.3 Å². The minimum absolute atomic E-state index is 0.0813. The Labute approximate surface area is 381 Å². The van der Waals surface area contributed by atoms with Crippen LogP contribution >= 0.6 is 0 Å². The molecule has 0 radical (unpaired) electrons. The third kappa shape index (κ3) is 7.44.